The Morgan fingerprint density at radius 2 is 1.88 bits per heavy atom. The molecule has 0 radical (unpaired) electrons. The second-order valence-corrected chi connectivity index (χ2v) is 8.45. The van der Waals surface area contributed by atoms with E-state index in [0.717, 1.165) is 35.3 Å². The molecule has 6 nitrogen and oxygen atoms in total. The molecule has 0 aliphatic carbocycles. The molecule has 0 unspecified atom stereocenters. The Hall–Kier alpha value is -1.08. The molecule has 0 spiro atoms. The molecule has 1 aromatic rings. The van der Waals surface area contributed by atoms with E-state index in [1.807, 2.05) is 32.4 Å². The third-order valence-electron chi connectivity index (χ3n) is 4.55. The van der Waals surface area contributed by atoms with E-state index in [9.17, 15) is 4.79 Å². The van der Waals surface area contributed by atoms with E-state index in [0.29, 0.717) is 6.54 Å². The number of hydrogen-bond acceptors (Lipinski definition) is 3. The first-order chi connectivity index (χ1) is 11.5. The number of nitrogens with zero attached hydrogens (tertiary/aromatic N) is 3. The quantitative estimate of drug-likeness (QED) is 0.651. The van der Waals surface area contributed by atoms with Gasteiger partial charge in [0.25, 0.3) is 0 Å². The molecule has 0 aromatic carbocycles. The minimum absolute atomic E-state index is 0.0767. The molecule has 1 heterocycles. The van der Waals surface area contributed by atoms with Crippen LogP contribution in [0.25, 0.3) is 0 Å². The number of carbonyl (C=O) groups is 1. The molecule has 1 amide bonds. The van der Waals surface area contributed by atoms with Gasteiger partial charge in [-0.3, -0.25) is 4.68 Å². The van der Waals surface area contributed by atoms with E-state index in [2.05, 4.69) is 53.2 Å². The van der Waals surface area contributed by atoms with Crippen LogP contribution >= 0.6 is 15.9 Å². The third-order valence-corrected chi connectivity index (χ3v) is 4.94. The van der Waals surface area contributed by atoms with Crippen LogP contribution in [0, 0.1) is 0 Å². The molecule has 7 heteroatoms. The van der Waals surface area contributed by atoms with Crippen LogP contribution in [0.4, 0.5) is 4.79 Å². The lowest BCUT2D eigenvalue weighted by atomic mass is 10.2. The molecule has 0 aliphatic rings. The number of quaternary nitrogens is 1. The highest BCUT2D eigenvalue weighted by atomic mass is 79.9. The highest BCUT2D eigenvalue weighted by Gasteiger charge is 2.25. The Kier molecular flexibility index (Phi) is 7.93. The van der Waals surface area contributed by atoms with Gasteiger partial charge in [0.05, 0.1) is 31.9 Å². The first kappa shape index (κ1) is 22.0. The number of halogens is 1. The average Bonchev–Trinajstić information content (AvgIpc) is 2.81. The third kappa shape index (κ3) is 6.98. The number of carbonyl (C=O) groups excluding carboxylic acids is 1. The Morgan fingerprint density at radius 3 is 2.36 bits per heavy atom. The van der Waals surface area contributed by atoms with Gasteiger partial charge in [-0.05, 0) is 70.5 Å². The summed E-state index contributed by atoms with van der Waals surface area (Å²) < 4.78 is 9.16. The molecule has 1 rings (SSSR count). The summed E-state index contributed by atoms with van der Waals surface area (Å²) in [4.78, 5) is 11.9. The summed E-state index contributed by atoms with van der Waals surface area (Å²) >= 11 is 3.49. The molecule has 25 heavy (non-hydrogen) atoms. The van der Waals surface area contributed by atoms with Crippen LogP contribution in [0.3, 0.4) is 0 Å². The zero-order valence-electron chi connectivity index (χ0n) is 16.7. The van der Waals surface area contributed by atoms with Crippen molar-refractivity contribution in [2.45, 2.75) is 73.2 Å². The number of alkyl carbamates (subject to hydrolysis) is 1. The molecule has 1 aromatic heterocycles. The maximum absolute atomic E-state index is 11.9. The summed E-state index contributed by atoms with van der Waals surface area (Å²) in [5.41, 5.74) is 0.680. The number of nitrogens with one attached hydrogen (secondary N) is 1. The van der Waals surface area contributed by atoms with Gasteiger partial charge in [-0.25, -0.2) is 4.79 Å². The Labute approximate surface area is 160 Å². The Bertz CT molecular complexity index is 554. The van der Waals surface area contributed by atoms with Gasteiger partial charge in [0.15, 0.2) is 0 Å². The summed E-state index contributed by atoms with van der Waals surface area (Å²) in [7, 11) is 0. The van der Waals surface area contributed by atoms with Gasteiger partial charge in [-0.15, -0.1) is 0 Å². The first-order valence-electron chi connectivity index (χ1n) is 9.11. The van der Waals surface area contributed by atoms with Crippen LogP contribution in [0.15, 0.2) is 10.7 Å². The molecule has 0 fully saturated rings. The summed E-state index contributed by atoms with van der Waals surface area (Å²) in [6.07, 6.45) is -0.395. The fourth-order valence-corrected chi connectivity index (χ4v) is 3.33. The standard InChI is InChI=1S/C18H33BrN4O2/c1-8-23(9-2,10-3)13-15-11-16(19)21-22(15)12-14(4)20-17(24)25-18(5,6)7/h11,14H,8-10,12-13H2,1-7H3/p+1/t14-/m1/s1. The lowest BCUT2D eigenvalue weighted by Gasteiger charge is -2.35. The molecule has 0 saturated carbocycles. The van der Waals surface area contributed by atoms with Crippen LogP contribution in [0.5, 0.6) is 0 Å². The van der Waals surface area contributed by atoms with Crippen molar-refractivity contribution in [3.05, 3.63) is 16.4 Å². The molecule has 1 atom stereocenters. The van der Waals surface area contributed by atoms with Crippen molar-refractivity contribution in [2.24, 2.45) is 0 Å². The van der Waals surface area contributed by atoms with E-state index >= 15 is 0 Å². The fraction of sp³-hybridized carbons (Fsp3) is 0.778. The molecule has 0 aliphatic heterocycles. The summed E-state index contributed by atoms with van der Waals surface area (Å²) in [6, 6.07) is 2.00. The van der Waals surface area contributed by atoms with E-state index < -0.39 is 11.7 Å². The van der Waals surface area contributed by atoms with Gasteiger partial charge in [0, 0.05) is 6.04 Å². The van der Waals surface area contributed by atoms with Gasteiger partial charge in [0.2, 0.25) is 0 Å². The zero-order valence-corrected chi connectivity index (χ0v) is 18.3. The van der Waals surface area contributed by atoms with Crippen LogP contribution in [-0.4, -0.2) is 51.6 Å². The van der Waals surface area contributed by atoms with Gasteiger partial charge in [-0.2, -0.15) is 5.10 Å². The largest absolute Gasteiger partial charge is 0.444 e. The average molecular weight is 418 g/mol. The maximum atomic E-state index is 11.9. The minimum Gasteiger partial charge on any atom is -0.444 e. The van der Waals surface area contributed by atoms with Crippen molar-refractivity contribution in [1.29, 1.82) is 0 Å². The summed E-state index contributed by atoms with van der Waals surface area (Å²) in [6.45, 7) is 19.0. The first-order valence-corrected chi connectivity index (χ1v) is 9.90. The molecule has 0 bridgehead atoms. The number of hydrogen-bond donors (Lipinski definition) is 1. The van der Waals surface area contributed by atoms with Gasteiger partial charge < -0.3 is 14.5 Å². The van der Waals surface area contributed by atoms with Crippen LogP contribution in [-0.2, 0) is 17.8 Å². The van der Waals surface area contributed by atoms with E-state index in [4.69, 9.17) is 4.74 Å². The highest BCUT2D eigenvalue weighted by molar-refractivity contribution is 9.10. The van der Waals surface area contributed by atoms with Crippen LogP contribution < -0.4 is 5.32 Å². The highest BCUT2D eigenvalue weighted by Crippen LogP contribution is 2.18. The second-order valence-electron chi connectivity index (χ2n) is 7.64. The van der Waals surface area contributed by atoms with Crippen LogP contribution in [0.2, 0.25) is 0 Å². The molecular weight excluding hydrogens is 384 g/mol. The summed E-state index contributed by atoms with van der Waals surface area (Å²) in [5, 5.41) is 7.43. The van der Waals surface area contributed by atoms with E-state index in [-0.39, 0.29) is 6.04 Å². The van der Waals surface area contributed by atoms with Gasteiger partial charge >= 0.3 is 6.09 Å². The Balaban J connectivity index is 2.81. The maximum Gasteiger partial charge on any atom is 0.407 e. The lowest BCUT2D eigenvalue weighted by molar-refractivity contribution is -0.936. The Morgan fingerprint density at radius 1 is 1.32 bits per heavy atom. The van der Waals surface area contributed by atoms with Gasteiger partial charge in [0.1, 0.15) is 16.7 Å². The number of ether oxygens (including phenoxy) is 1. The monoisotopic (exact) mass is 417 g/mol. The van der Waals surface area contributed by atoms with E-state index in [1.54, 1.807) is 0 Å². The molecular formula is C18H34BrN4O2+. The predicted molar refractivity (Wildman–Crippen MR) is 104 cm³/mol. The number of rotatable bonds is 8. The number of amides is 1. The van der Waals surface area contributed by atoms with Crippen molar-refractivity contribution in [1.82, 2.24) is 15.1 Å². The van der Waals surface area contributed by atoms with Crippen LogP contribution in [0.1, 0.15) is 54.2 Å². The lowest BCUT2D eigenvalue weighted by Crippen LogP contribution is -2.47. The van der Waals surface area contributed by atoms with Crippen molar-refractivity contribution >= 4 is 22.0 Å². The topological polar surface area (TPSA) is 56.2 Å². The molecule has 0 saturated heterocycles. The zero-order chi connectivity index (χ0) is 19.3. The molecule has 144 valence electrons. The number of aromatic nitrogens is 2. The normalized spacial score (nSPS) is 13.6. The minimum atomic E-state index is -0.496. The van der Waals surface area contributed by atoms with Crippen molar-refractivity contribution in [3.63, 3.8) is 0 Å². The summed E-state index contributed by atoms with van der Waals surface area (Å²) in [5.74, 6) is 0. The van der Waals surface area contributed by atoms with Gasteiger partial charge in [-0.1, -0.05) is 0 Å². The second kappa shape index (κ2) is 9.03. The predicted octanol–water partition coefficient (Wildman–Crippen LogP) is 3.94. The van der Waals surface area contributed by atoms with Crippen molar-refractivity contribution < 1.29 is 14.0 Å². The van der Waals surface area contributed by atoms with E-state index in [1.165, 1.54) is 5.69 Å². The van der Waals surface area contributed by atoms with Crippen molar-refractivity contribution in [3.8, 4) is 0 Å². The smallest absolute Gasteiger partial charge is 0.407 e. The van der Waals surface area contributed by atoms with Crippen molar-refractivity contribution in [2.75, 3.05) is 19.6 Å². The SMILES string of the molecule is CC[N+](CC)(CC)Cc1cc(Br)nn1C[C@@H](C)NC(=O)OC(C)(C)C. The molecule has 1 N–H and O–H groups in total. The fourth-order valence-electron chi connectivity index (χ4n) is 2.87.